The van der Waals surface area contributed by atoms with E-state index in [4.69, 9.17) is 0 Å². The molecule has 84 valence electrons. The number of hydrogen-bond donors (Lipinski definition) is 0. The van der Waals surface area contributed by atoms with Gasteiger partial charge in [0.05, 0.1) is 6.61 Å². The molecular weight excluding hydrogens is 239 g/mol. The van der Waals surface area contributed by atoms with Gasteiger partial charge in [0.25, 0.3) is 0 Å². The standard InChI is InChI=1S/C8H19O3P.Cu/c1-2-3-4-5-6-7-8-11-12(9)10;/h12H,2-8H2,1H3,(H,9,10);/q;+1/p-1. The molecule has 0 aromatic heterocycles. The Labute approximate surface area is 91.7 Å². The SMILES string of the molecule is CCCCCCCCO[PH](=O)[O-].[Cu+]. The smallest absolute Gasteiger partial charge is 0.781 e. The van der Waals surface area contributed by atoms with E-state index in [1.165, 1.54) is 25.7 Å². The summed E-state index contributed by atoms with van der Waals surface area (Å²) in [4.78, 5) is 9.99. The molecule has 0 N–H and O–H groups in total. The van der Waals surface area contributed by atoms with Crippen molar-refractivity contribution in [1.82, 2.24) is 0 Å². The van der Waals surface area contributed by atoms with Crippen LogP contribution in [-0.2, 0) is 26.2 Å². The van der Waals surface area contributed by atoms with Crippen LogP contribution in [0.4, 0.5) is 0 Å². The molecule has 1 unspecified atom stereocenters. The van der Waals surface area contributed by atoms with Gasteiger partial charge in [0.1, 0.15) is 8.25 Å². The first-order valence-electron chi connectivity index (χ1n) is 4.61. The fourth-order valence-electron chi connectivity index (χ4n) is 1.04. The molecule has 0 radical (unpaired) electrons. The van der Waals surface area contributed by atoms with Crippen molar-refractivity contribution in [3.8, 4) is 0 Å². The summed E-state index contributed by atoms with van der Waals surface area (Å²) in [5.41, 5.74) is 0. The molecule has 0 amide bonds. The predicted molar refractivity (Wildman–Crippen MR) is 48.3 cm³/mol. The van der Waals surface area contributed by atoms with Crippen molar-refractivity contribution < 1.29 is 31.1 Å². The van der Waals surface area contributed by atoms with Gasteiger partial charge in [-0.15, -0.1) is 0 Å². The first kappa shape index (κ1) is 16.1. The fourth-order valence-corrected chi connectivity index (χ4v) is 1.35. The largest absolute Gasteiger partial charge is 1.00 e. The Morgan fingerprint density at radius 1 is 1.15 bits per heavy atom. The van der Waals surface area contributed by atoms with Crippen LogP contribution < -0.4 is 4.89 Å². The molecule has 0 aliphatic carbocycles. The molecule has 0 heterocycles. The number of unbranched alkanes of at least 4 members (excludes halogenated alkanes) is 5. The van der Waals surface area contributed by atoms with Crippen molar-refractivity contribution in [2.75, 3.05) is 6.61 Å². The summed E-state index contributed by atoms with van der Waals surface area (Å²) in [5.74, 6) is 0. The Balaban J connectivity index is 0. The molecule has 13 heavy (non-hydrogen) atoms. The van der Waals surface area contributed by atoms with Crippen LogP contribution in [0, 0.1) is 0 Å². The van der Waals surface area contributed by atoms with Crippen LogP contribution in [0.5, 0.6) is 0 Å². The zero-order chi connectivity index (χ0) is 9.23. The van der Waals surface area contributed by atoms with Crippen LogP contribution in [0.25, 0.3) is 0 Å². The second-order valence-electron chi connectivity index (χ2n) is 2.87. The van der Waals surface area contributed by atoms with Gasteiger partial charge in [-0.3, -0.25) is 0 Å². The zero-order valence-corrected chi connectivity index (χ0v) is 9.92. The van der Waals surface area contributed by atoms with Gasteiger partial charge in [0.2, 0.25) is 0 Å². The Morgan fingerprint density at radius 3 is 2.23 bits per heavy atom. The van der Waals surface area contributed by atoms with E-state index in [9.17, 15) is 9.46 Å². The third kappa shape index (κ3) is 15.4. The molecule has 0 aliphatic rings. The first-order valence-corrected chi connectivity index (χ1v) is 5.83. The molecule has 0 bridgehead atoms. The van der Waals surface area contributed by atoms with Crippen LogP contribution in [-0.4, -0.2) is 6.61 Å². The molecule has 0 aromatic rings. The van der Waals surface area contributed by atoms with Crippen LogP contribution in [0.3, 0.4) is 0 Å². The van der Waals surface area contributed by atoms with Crippen molar-refractivity contribution >= 4 is 8.25 Å². The summed E-state index contributed by atoms with van der Waals surface area (Å²) in [5, 5.41) is 0. The molecular formula is C8H18CuO3P. The van der Waals surface area contributed by atoms with E-state index in [0.29, 0.717) is 6.61 Å². The maximum atomic E-state index is 9.99. The van der Waals surface area contributed by atoms with Crippen molar-refractivity contribution in [3.05, 3.63) is 0 Å². The van der Waals surface area contributed by atoms with Crippen LogP contribution >= 0.6 is 8.25 Å². The fraction of sp³-hybridized carbons (Fsp3) is 1.00. The van der Waals surface area contributed by atoms with Crippen LogP contribution in [0.2, 0.25) is 0 Å². The molecule has 0 aromatic carbocycles. The minimum atomic E-state index is -2.93. The summed E-state index contributed by atoms with van der Waals surface area (Å²) in [6.07, 6.45) is 6.90. The van der Waals surface area contributed by atoms with Gasteiger partial charge >= 0.3 is 17.1 Å². The van der Waals surface area contributed by atoms with E-state index >= 15 is 0 Å². The minimum absolute atomic E-state index is 0. The van der Waals surface area contributed by atoms with Gasteiger partial charge < -0.3 is 14.0 Å². The molecule has 0 saturated heterocycles. The van der Waals surface area contributed by atoms with Gasteiger partial charge in [-0.2, -0.15) is 0 Å². The summed E-state index contributed by atoms with van der Waals surface area (Å²) in [7, 11) is -2.93. The number of hydrogen-bond acceptors (Lipinski definition) is 3. The predicted octanol–water partition coefficient (Wildman–Crippen LogP) is 2.11. The van der Waals surface area contributed by atoms with E-state index in [1.54, 1.807) is 0 Å². The maximum absolute atomic E-state index is 9.99. The molecule has 0 spiro atoms. The average molecular weight is 257 g/mol. The molecule has 0 rings (SSSR count). The zero-order valence-electron chi connectivity index (χ0n) is 7.98. The van der Waals surface area contributed by atoms with Crippen LogP contribution in [0.15, 0.2) is 0 Å². The Hall–Kier alpha value is 0.669. The third-order valence-corrected chi connectivity index (χ3v) is 2.16. The second kappa shape index (κ2) is 12.7. The van der Waals surface area contributed by atoms with Crippen molar-refractivity contribution in [2.45, 2.75) is 45.4 Å². The summed E-state index contributed by atoms with van der Waals surface area (Å²) < 4.78 is 14.4. The molecule has 5 heteroatoms. The molecule has 0 aliphatic heterocycles. The van der Waals surface area contributed by atoms with Gasteiger partial charge in [0.15, 0.2) is 0 Å². The molecule has 3 nitrogen and oxygen atoms in total. The minimum Gasteiger partial charge on any atom is -0.781 e. The van der Waals surface area contributed by atoms with E-state index in [0.717, 1.165) is 12.8 Å². The monoisotopic (exact) mass is 256 g/mol. The summed E-state index contributed by atoms with van der Waals surface area (Å²) >= 11 is 0. The van der Waals surface area contributed by atoms with E-state index in [-0.39, 0.29) is 17.1 Å². The van der Waals surface area contributed by atoms with Crippen LogP contribution in [0.1, 0.15) is 45.4 Å². The van der Waals surface area contributed by atoms with Gasteiger partial charge in [-0.25, -0.2) is 0 Å². The second-order valence-corrected chi connectivity index (χ2v) is 3.65. The maximum Gasteiger partial charge on any atom is 1.00 e. The average Bonchev–Trinajstić information content (AvgIpc) is 2.02. The van der Waals surface area contributed by atoms with E-state index in [1.807, 2.05) is 0 Å². The normalized spacial score (nSPS) is 12.2. The summed E-state index contributed by atoms with van der Waals surface area (Å²) in [6.45, 7) is 2.54. The Kier molecular flexibility index (Phi) is 15.7. The van der Waals surface area contributed by atoms with E-state index in [2.05, 4.69) is 11.4 Å². The first-order chi connectivity index (χ1) is 5.77. The Morgan fingerprint density at radius 2 is 1.69 bits per heavy atom. The van der Waals surface area contributed by atoms with Crippen molar-refractivity contribution in [3.63, 3.8) is 0 Å². The Bertz CT molecular complexity index is 122. The van der Waals surface area contributed by atoms with Gasteiger partial charge in [-0.05, 0) is 6.42 Å². The van der Waals surface area contributed by atoms with Gasteiger partial charge in [-0.1, -0.05) is 39.0 Å². The topological polar surface area (TPSA) is 49.4 Å². The number of rotatable bonds is 8. The van der Waals surface area contributed by atoms with Crippen molar-refractivity contribution in [2.24, 2.45) is 0 Å². The van der Waals surface area contributed by atoms with Crippen molar-refractivity contribution in [1.29, 1.82) is 0 Å². The summed E-state index contributed by atoms with van der Waals surface area (Å²) in [6, 6.07) is 0. The van der Waals surface area contributed by atoms with E-state index < -0.39 is 8.25 Å². The molecule has 0 fully saturated rings. The third-order valence-electron chi connectivity index (χ3n) is 1.72. The van der Waals surface area contributed by atoms with Gasteiger partial charge in [0, 0.05) is 0 Å². The molecule has 1 atom stereocenters. The molecule has 0 saturated carbocycles. The quantitative estimate of drug-likeness (QED) is 0.380.